The number of hydrogen-bond donors (Lipinski definition) is 1. The van der Waals surface area contributed by atoms with Gasteiger partial charge in [-0.15, -0.1) is 0 Å². The lowest BCUT2D eigenvalue weighted by Gasteiger charge is -2.13. The van der Waals surface area contributed by atoms with Gasteiger partial charge >= 0.3 is 0 Å². The highest BCUT2D eigenvalue weighted by molar-refractivity contribution is 5.77. The Bertz CT molecular complexity index is 534. The lowest BCUT2D eigenvalue weighted by molar-refractivity contribution is 0.414. The zero-order valence-electron chi connectivity index (χ0n) is 10.2. The number of aryl methyl sites for hydroxylation is 1. The molecule has 1 aliphatic heterocycles. The molecule has 90 valence electrons. The Morgan fingerprint density at radius 3 is 3.12 bits per heavy atom. The van der Waals surface area contributed by atoms with Crippen LogP contribution in [0.5, 0.6) is 0 Å². The minimum Gasteiger partial charge on any atom is -0.441 e. The monoisotopic (exact) mass is 231 g/mol. The van der Waals surface area contributed by atoms with Gasteiger partial charge in [0, 0.05) is 25.2 Å². The van der Waals surface area contributed by atoms with E-state index in [9.17, 15) is 0 Å². The van der Waals surface area contributed by atoms with Gasteiger partial charge in [0.1, 0.15) is 5.52 Å². The fraction of sp³-hybridized carbons (Fsp3) is 0.462. The van der Waals surface area contributed by atoms with E-state index in [2.05, 4.69) is 34.4 Å². The highest BCUT2D eigenvalue weighted by Gasteiger charge is 2.19. The van der Waals surface area contributed by atoms with Crippen molar-refractivity contribution in [3.63, 3.8) is 0 Å². The van der Waals surface area contributed by atoms with Gasteiger partial charge in [-0.05, 0) is 38.2 Å². The average molecular weight is 231 g/mol. The Morgan fingerprint density at radius 2 is 2.35 bits per heavy atom. The number of likely N-dealkylation sites (N-methyl/N-ethyl adjacent to an activating group) is 1. The van der Waals surface area contributed by atoms with E-state index >= 15 is 0 Å². The Balaban J connectivity index is 1.80. The second-order valence-electron chi connectivity index (χ2n) is 4.81. The van der Waals surface area contributed by atoms with Gasteiger partial charge in [-0.2, -0.15) is 0 Å². The zero-order valence-corrected chi connectivity index (χ0v) is 10.2. The lowest BCUT2D eigenvalue weighted by atomic mass is 10.2. The van der Waals surface area contributed by atoms with Crippen LogP contribution in [0.25, 0.3) is 11.1 Å². The van der Waals surface area contributed by atoms with E-state index in [0.717, 1.165) is 29.2 Å². The van der Waals surface area contributed by atoms with E-state index in [0.29, 0.717) is 6.04 Å². The summed E-state index contributed by atoms with van der Waals surface area (Å²) in [5.41, 5.74) is 2.92. The summed E-state index contributed by atoms with van der Waals surface area (Å²) in [6, 6.07) is 6.65. The molecule has 1 fully saturated rings. The van der Waals surface area contributed by atoms with Gasteiger partial charge < -0.3 is 14.6 Å². The molecule has 1 aromatic carbocycles. The van der Waals surface area contributed by atoms with Gasteiger partial charge in [-0.25, -0.2) is 4.98 Å². The Hall–Kier alpha value is -1.55. The van der Waals surface area contributed by atoms with Crippen LogP contribution in [0.4, 0.5) is 5.69 Å². The van der Waals surface area contributed by atoms with Crippen molar-refractivity contribution < 1.29 is 4.42 Å². The molecule has 0 radical (unpaired) electrons. The molecule has 0 aliphatic carbocycles. The molecule has 1 N–H and O–H groups in total. The molecule has 3 rings (SSSR count). The summed E-state index contributed by atoms with van der Waals surface area (Å²) in [6.45, 7) is 4.15. The Labute approximate surface area is 101 Å². The van der Waals surface area contributed by atoms with Crippen molar-refractivity contribution in [2.75, 3.05) is 25.5 Å². The molecule has 0 amide bonds. The van der Waals surface area contributed by atoms with Crippen LogP contribution in [0.15, 0.2) is 22.6 Å². The molecule has 2 aromatic rings. The summed E-state index contributed by atoms with van der Waals surface area (Å²) in [6.07, 6.45) is 1.20. The molecular formula is C13H17N3O. The van der Waals surface area contributed by atoms with Crippen LogP contribution in [0, 0.1) is 6.92 Å². The molecule has 0 bridgehead atoms. The van der Waals surface area contributed by atoms with Crippen LogP contribution in [-0.2, 0) is 0 Å². The maximum atomic E-state index is 5.46. The molecule has 1 aliphatic rings. The first-order valence-corrected chi connectivity index (χ1v) is 6.03. The SMILES string of the molecule is Cc1nc2cc(NC3CCN(C)C3)ccc2o1. The van der Waals surface area contributed by atoms with Crippen molar-refractivity contribution in [2.24, 2.45) is 0 Å². The highest BCUT2D eigenvalue weighted by Crippen LogP contribution is 2.21. The van der Waals surface area contributed by atoms with Crippen molar-refractivity contribution in [2.45, 2.75) is 19.4 Å². The smallest absolute Gasteiger partial charge is 0.192 e. The normalized spacial score (nSPS) is 21.2. The predicted molar refractivity (Wildman–Crippen MR) is 68.3 cm³/mol. The molecule has 4 nitrogen and oxygen atoms in total. The number of hydrogen-bond acceptors (Lipinski definition) is 4. The molecule has 0 spiro atoms. The van der Waals surface area contributed by atoms with Gasteiger partial charge in [0.15, 0.2) is 11.5 Å². The summed E-state index contributed by atoms with van der Waals surface area (Å²) >= 11 is 0. The first kappa shape index (κ1) is 10.6. The maximum absolute atomic E-state index is 5.46. The third kappa shape index (κ3) is 2.13. The fourth-order valence-electron chi connectivity index (χ4n) is 2.42. The summed E-state index contributed by atoms with van der Waals surface area (Å²) in [4.78, 5) is 6.69. The van der Waals surface area contributed by atoms with E-state index in [1.165, 1.54) is 13.0 Å². The zero-order chi connectivity index (χ0) is 11.8. The minimum absolute atomic E-state index is 0.547. The Morgan fingerprint density at radius 1 is 1.47 bits per heavy atom. The van der Waals surface area contributed by atoms with Crippen molar-refractivity contribution in [3.05, 3.63) is 24.1 Å². The van der Waals surface area contributed by atoms with Gasteiger partial charge in [-0.1, -0.05) is 0 Å². The fourth-order valence-corrected chi connectivity index (χ4v) is 2.42. The van der Waals surface area contributed by atoms with Gasteiger partial charge in [-0.3, -0.25) is 0 Å². The predicted octanol–water partition coefficient (Wildman–Crippen LogP) is 2.25. The molecule has 1 unspecified atom stereocenters. The number of nitrogens with one attached hydrogen (secondary N) is 1. The van der Waals surface area contributed by atoms with Crippen molar-refractivity contribution in [1.82, 2.24) is 9.88 Å². The van der Waals surface area contributed by atoms with E-state index < -0.39 is 0 Å². The molecule has 4 heteroatoms. The largest absolute Gasteiger partial charge is 0.441 e. The lowest BCUT2D eigenvalue weighted by Crippen LogP contribution is -2.23. The quantitative estimate of drug-likeness (QED) is 0.860. The maximum Gasteiger partial charge on any atom is 0.192 e. The number of likely N-dealkylation sites (tertiary alicyclic amines) is 1. The number of anilines is 1. The number of fused-ring (bicyclic) bond motifs is 1. The van der Waals surface area contributed by atoms with Gasteiger partial charge in [0.2, 0.25) is 0 Å². The van der Waals surface area contributed by atoms with Crippen LogP contribution in [0.3, 0.4) is 0 Å². The third-order valence-electron chi connectivity index (χ3n) is 3.26. The number of benzene rings is 1. The molecule has 0 saturated carbocycles. The Kier molecular flexibility index (Phi) is 2.52. The highest BCUT2D eigenvalue weighted by atomic mass is 16.3. The molecule has 1 aromatic heterocycles. The van der Waals surface area contributed by atoms with E-state index in [1.54, 1.807) is 0 Å². The number of nitrogens with zero attached hydrogens (tertiary/aromatic N) is 2. The van der Waals surface area contributed by atoms with Gasteiger partial charge in [0.25, 0.3) is 0 Å². The van der Waals surface area contributed by atoms with E-state index in [-0.39, 0.29) is 0 Å². The van der Waals surface area contributed by atoms with Crippen LogP contribution >= 0.6 is 0 Å². The van der Waals surface area contributed by atoms with Gasteiger partial charge in [0.05, 0.1) is 0 Å². The van der Waals surface area contributed by atoms with Crippen LogP contribution in [-0.4, -0.2) is 36.1 Å². The summed E-state index contributed by atoms with van der Waals surface area (Å²) in [5, 5.41) is 3.55. The summed E-state index contributed by atoms with van der Waals surface area (Å²) in [7, 11) is 2.16. The first-order valence-electron chi connectivity index (χ1n) is 6.03. The second kappa shape index (κ2) is 4.04. The molecule has 17 heavy (non-hydrogen) atoms. The average Bonchev–Trinajstić information content (AvgIpc) is 2.83. The molecular weight excluding hydrogens is 214 g/mol. The van der Waals surface area contributed by atoms with Crippen molar-refractivity contribution >= 4 is 16.8 Å². The van der Waals surface area contributed by atoms with E-state index in [1.807, 2.05) is 13.0 Å². The third-order valence-corrected chi connectivity index (χ3v) is 3.26. The summed E-state index contributed by atoms with van der Waals surface area (Å²) < 4.78 is 5.46. The van der Waals surface area contributed by atoms with Crippen LogP contribution < -0.4 is 5.32 Å². The van der Waals surface area contributed by atoms with Crippen LogP contribution in [0.2, 0.25) is 0 Å². The number of aromatic nitrogens is 1. The van der Waals surface area contributed by atoms with Crippen LogP contribution in [0.1, 0.15) is 12.3 Å². The van der Waals surface area contributed by atoms with E-state index in [4.69, 9.17) is 4.42 Å². The van der Waals surface area contributed by atoms with Crippen molar-refractivity contribution in [1.29, 1.82) is 0 Å². The molecule has 1 atom stereocenters. The first-order chi connectivity index (χ1) is 8.20. The number of oxazole rings is 1. The summed E-state index contributed by atoms with van der Waals surface area (Å²) in [5.74, 6) is 0.720. The second-order valence-corrected chi connectivity index (χ2v) is 4.81. The topological polar surface area (TPSA) is 41.3 Å². The minimum atomic E-state index is 0.547. The molecule has 1 saturated heterocycles. The number of rotatable bonds is 2. The van der Waals surface area contributed by atoms with Crippen molar-refractivity contribution in [3.8, 4) is 0 Å². The molecule has 2 heterocycles. The standard InChI is InChI=1S/C13H17N3O/c1-9-14-12-7-10(3-4-13(12)17-9)15-11-5-6-16(2)8-11/h3-4,7,11,15H,5-6,8H2,1-2H3.